The van der Waals surface area contributed by atoms with E-state index in [1.165, 1.54) is 35.0 Å². The van der Waals surface area contributed by atoms with Crippen molar-refractivity contribution in [1.29, 1.82) is 0 Å². The van der Waals surface area contributed by atoms with Gasteiger partial charge in [-0.15, -0.1) is 0 Å². The topological polar surface area (TPSA) is 206 Å². The smallest absolute Gasteiger partial charge is 0.402 e. The number of esters is 5. The normalized spacial score (nSPS) is 34.0. The number of benzene rings is 3. The van der Waals surface area contributed by atoms with Crippen LogP contribution in [0.5, 0.6) is 0 Å². The van der Waals surface area contributed by atoms with Gasteiger partial charge in [0, 0.05) is 12.8 Å². The van der Waals surface area contributed by atoms with Crippen molar-refractivity contribution >= 4 is 50.9 Å². The van der Waals surface area contributed by atoms with E-state index in [0.29, 0.717) is 61.7 Å². The van der Waals surface area contributed by atoms with Crippen LogP contribution in [0.25, 0.3) is 0 Å². The van der Waals surface area contributed by atoms with Crippen molar-refractivity contribution in [2.45, 2.75) is 213 Å². The maximum Gasteiger partial charge on any atom is 0.402 e. The van der Waals surface area contributed by atoms with Gasteiger partial charge in [0.05, 0.1) is 45.3 Å². The number of hydrogen-bond acceptors (Lipinski definition) is 13. The first-order chi connectivity index (χ1) is 41.9. The SMILES string of the molecule is CC1C2CCC(C2)C1CC(C)(CC(C)(CC(CC(C)(C)C(=O)OCC(F)(F)S(=O)(=O)O)C(=O)OC12CC3CC(CC(O)(C3)C1)C2)C(=O)OC1CCOC1=O)C(=O)OC1(C(C)C)C2CC3CC(C2)CC1C3.c1ccc([S+](c2ccccc2)c2ccccc2)cc1. The first-order valence-corrected chi connectivity index (χ1v) is 35.6. The van der Waals surface area contributed by atoms with Gasteiger partial charge in [0.15, 0.2) is 21.3 Å². The number of fused-ring (bicyclic) bond motifs is 2. The molecule has 0 radical (unpaired) electrons. The van der Waals surface area contributed by atoms with Crippen LogP contribution in [0.3, 0.4) is 0 Å². The Kier molecular flexibility index (Phi) is 18.3. The lowest BCUT2D eigenvalue weighted by molar-refractivity contribution is -0.234. The molecule has 89 heavy (non-hydrogen) atoms. The Bertz CT molecular complexity index is 3060. The molecule has 0 aromatic heterocycles. The molecule has 0 spiro atoms. The Hall–Kier alpha value is -4.91. The molecule has 10 aliphatic carbocycles. The minimum Gasteiger partial charge on any atom is -0.463 e. The zero-order chi connectivity index (χ0) is 63.7. The van der Waals surface area contributed by atoms with E-state index >= 15 is 14.4 Å². The van der Waals surface area contributed by atoms with E-state index < -0.39 is 103 Å². The Balaban J connectivity index is 0.000000363. The lowest BCUT2D eigenvalue weighted by Crippen LogP contribution is -2.63. The Morgan fingerprint density at radius 1 is 0.685 bits per heavy atom. The summed E-state index contributed by atoms with van der Waals surface area (Å²) in [5.74, 6) is -2.30. The molecule has 486 valence electrons. The second-order valence-electron chi connectivity index (χ2n) is 30.6. The van der Waals surface area contributed by atoms with Gasteiger partial charge in [-0.2, -0.15) is 17.2 Å². The molecule has 11 aliphatic rings. The molecule has 10 bridgehead atoms. The van der Waals surface area contributed by atoms with Crippen molar-refractivity contribution in [2.24, 2.45) is 87.3 Å². The summed E-state index contributed by atoms with van der Waals surface area (Å²) in [6.07, 6.45) is 9.94. The summed E-state index contributed by atoms with van der Waals surface area (Å²) < 4.78 is 90.8. The van der Waals surface area contributed by atoms with E-state index in [4.69, 9.17) is 28.2 Å². The first-order valence-electron chi connectivity index (χ1n) is 32.9. The third kappa shape index (κ3) is 13.4. The fourth-order valence-corrected chi connectivity index (χ4v) is 22.0. The van der Waals surface area contributed by atoms with Gasteiger partial charge < -0.3 is 28.8 Å². The highest BCUT2D eigenvalue weighted by molar-refractivity contribution is 7.97. The molecule has 14 rings (SSSR count). The lowest BCUT2D eigenvalue weighted by Gasteiger charge is -2.62. The molecule has 1 heterocycles. The summed E-state index contributed by atoms with van der Waals surface area (Å²) >= 11 is 0. The number of aliphatic hydroxyl groups is 1. The van der Waals surface area contributed by atoms with Crippen LogP contribution in [-0.2, 0) is 68.7 Å². The summed E-state index contributed by atoms with van der Waals surface area (Å²) in [5.41, 5.74) is -7.67. The van der Waals surface area contributed by atoms with Crippen LogP contribution in [-0.4, -0.2) is 89.3 Å². The van der Waals surface area contributed by atoms with Gasteiger partial charge in [-0.05, 0) is 238 Å². The van der Waals surface area contributed by atoms with Crippen molar-refractivity contribution in [3.63, 3.8) is 0 Å². The van der Waals surface area contributed by atoms with E-state index in [1.54, 1.807) is 6.92 Å². The second-order valence-corrected chi connectivity index (χ2v) is 34.2. The van der Waals surface area contributed by atoms with Crippen LogP contribution in [0.15, 0.2) is 106 Å². The van der Waals surface area contributed by atoms with Gasteiger partial charge in [0.2, 0.25) is 6.10 Å². The maximum absolute atomic E-state index is 15.8. The predicted octanol–water partition coefficient (Wildman–Crippen LogP) is 13.6. The molecule has 10 atom stereocenters. The molecule has 11 fully saturated rings. The summed E-state index contributed by atoms with van der Waals surface area (Å²) in [7, 11) is -5.96. The van der Waals surface area contributed by atoms with Crippen molar-refractivity contribution in [3.05, 3.63) is 91.0 Å². The number of ether oxygens (including phenoxy) is 5. The molecule has 1 aliphatic heterocycles. The molecule has 3 aromatic rings. The van der Waals surface area contributed by atoms with Crippen LogP contribution in [0.1, 0.15) is 170 Å². The van der Waals surface area contributed by atoms with E-state index in [1.807, 2.05) is 6.92 Å². The van der Waals surface area contributed by atoms with Crippen LogP contribution >= 0.6 is 0 Å². The Morgan fingerprint density at radius 3 is 1.69 bits per heavy atom. The average Bonchev–Trinajstić information content (AvgIpc) is 1.40. The third-order valence-corrected chi connectivity index (χ3v) is 26.1. The number of hydrogen-bond donors (Lipinski definition) is 2. The van der Waals surface area contributed by atoms with Crippen molar-refractivity contribution in [2.75, 3.05) is 13.2 Å². The van der Waals surface area contributed by atoms with Crippen LogP contribution in [0.2, 0.25) is 0 Å². The summed E-state index contributed by atoms with van der Waals surface area (Å²) in [4.78, 5) is 77.1. The predicted molar refractivity (Wildman–Crippen MR) is 329 cm³/mol. The van der Waals surface area contributed by atoms with E-state index in [2.05, 4.69) is 112 Å². The summed E-state index contributed by atoms with van der Waals surface area (Å²) in [6.45, 7) is 10.7. The highest BCUT2D eigenvalue weighted by Gasteiger charge is 2.64. The summed E-state index contributed by atoms with van der Waals surface area (Å²) in [5, 5.41) is 6.83. The molecule has 18 heteroatoms. The highest BCUT2D eigenvalue weighted by atomic mass is 32.2. The Labute approximate surface area is 527 Å². The number of halogens is 2. The fourth-order valence-electron chi connectivity index (χ4n) is 19.7. The van der Waals surface area contributed by atoms with Gasteiger partial charge in [-0.25, -0.2) is 4.79 Å². The zero-order valence-corrected chi connectivity index (χ0v) is 54.5. The van der Waals surface area contributed by atoms with E-state index in [-0.39, 0.29) is 78.7 Å². The van der Waals surface area contributed by atoms with E-state index in [9.17, 15) is 31.9 Å². The molecular weight excluding hydrogens is 1180 g/mol. The Morgan fingerprint density at radius 2 is 1.21 bits per heavy atom. The van der Waals surface area contributed by atoms with Crippen molar-refractivity contribution in [3.8, 4) is 0 Å². The van der Waals surface area contributed by atoms with Gasteiger partial charge in [-0.3, -0.25) is 23.7 Å². The second kappa shape index (κ2) is 24.9. The number of alkyl halides is 2. The molecule has 1 saturated heterocycles. The number of carbonyl (C=O) groups is 5. The van der Waals surface area contributed by atoms with Gasteiger partial charge >= 0.3 is 45.2 Å². The molecule has 10 unspecified atom stereocenters. The molecule has 2 N–H and O–H groups in total. The molecule has 10 saturated carbocycles. The highest BCUT2D eigenvalue weighted by Crippen LogP contribution is 2.64. The average molecular weight is 1270 g/mol. The zero-order valence-electron chi connectivity index (χ0n) is 52.9. The maximum atomic E-state index is 15.8. The number of carbonyl (C=O) groups excluding carboxylic acids is 5. The lowest BCUT2D eigenvalue weighted by atomic mass is 9.47. The molecular formula is C71H93F2O14S2+. The standard InChI is InChI=1S/C53H78F2O14S.C18H15S/c1-29(2)53(38-14-31-12-32(16-38)17-39(53)15-31)69-46(60)49(7,25-40-30(3)35-8-9-36(40)18-35)26-48(6,45(59)67-41-10-11-65-43(41)57)24-37(23-47(4,5)44(58)66-28-52(54,55)70(62,63)64)42(56)68-51-21-33-13-34(22-51)20-50(61,19-33)27-51;1-4-10-16(11-5-1)19(17-12-6-2-7-13-17)18-14-8-3-9-15-18/h29-41,61H,8-28H2,1-7H3,(H,62,63,64);1-15H/q;+1. The van der Waals surface area contributed by atoms with E-state index in [0.717, 1.165) is 51.4 Å². The minimum absolute atomic E-state index is 0.0146. The minimum atomic E-state index is -5.95. The quantitative estimate of drug-likeness (QED) is 0.0416. The van der Waals surface area contributed by atoms with Gasteiger partial charge in [0.25, 0.3) is 0 Å². The van der Waals surface area contributed by atoms with Gasteiger partial charge in [0.1, 0.15) is 11.2 Å². The molecule has 0 amide bonds. The largest absolute Gasteiger partial charge is 0.463 e. The summed E-state index contributed by atoms with van der Waals surface area (Å²) in [6, 6.07) is 32.2. The monoisotopic (exact) mass is 1270 g/mol. The van der Waals surface area contributed by atoms with Crippen molar-refractivity contribution < 1.29 is 74.5 Å². The van der Waals surface area contributed by atoms with Gasteiger partial charge in [-0.1, -0.05) is 75.4 Å². The number of cyclic esters (lactones) is 1. The molecule has 3 aromatic carbocycles. The third-order valence-electron chi connectivity index (χ3n) is 23.0. The van der Waals surface area contributed by atoms with Crippen molar-refractivity contribution in [1.82, 2.24) is 0 Å². The fraction of sp³-hybridized carbons (Fsp3) is 0.676. The van der Waals surface area contributed by atoms with Crippen LogP contribution in [0.4, 0.5) is 8.78 Å². The van der Waals surface area contributed by atoms with Crippen LogP contribution < -0.4 is 0 Å². The first kappa shape index (κ1) is 65.6. The molecule has 14 nitrogen and oxygen atoms in total. The number of rotatable bonds is 22. The van der Waals surface area contributed by atoms with Crippen LogP contribution in [0, 0.1) is 87.3 Å².